The minimum Gasteiger partial charge on any atom is -0.497 e. The van der Waals surface area contributed by atoms with Gasteiger partial charge in [0.1, 0.15) is 5.75 Å². The molecule has 4 rings (SSSR count). The maximum absolute atomic E-state index is 5.21. The van der Waals surface area contributed by atoms with Crippen LogP contribution in [-0.2, 0) is 6.54 Å². The Bertz CT molecular complexity index is 1010. The van der Waals surface area contributed by atoms with Crippen molar-refractivity contribution in [3.63, 3.8) is 0 Å². The summed E-state index contributed by atoms with van der Waals surface area (Å²) in [4.78, 5) is 0.766. The number of benzene rings is 1. The summed E-state index contributed by atoms with van der Waals surface area (Å²) in [6.07, 6.45) is 1.02. The van der Waals surface area contributed by atoms with Crippen molar-refractivity contribution < 1.29 is 4.74 Å². The van der Waals surface area contributed by atoms with Crippen LogP contribution in [0.15, 0.2) is 30.3 Å². The molecular formula is C17H18N6OS. The summed E-state index contributed by atoms with van der Waals surface area (Å²) in [6, 6.07) is 9.79. The topological polar surface area (TPSA) is 70.1 Å². The molecule has 0 atom stereocenters. The molecule has 3 heterocycles. The summed E-state index contributed by atoms with van der Waals surface area (Å²) in [6.45, 7) is 5.01. The molecule has 4 aromatic rings. The lowest BCUT2D eigenvalue weighted by Crippen LogP contribution is -2.01. The number of aryl methyl sites for hydroxylation is 2. The van der Waals surface area contributed by atoms with Crippen molar-refractivity contribution in [2.45, 2.75) is 26.8 Å². The predicted molar refractivity (Wildman–Crippen MR) is 96.9 cm³/mol. The van der Waals surface area contributed by atoms with Gasteiger partial charge in [-0.25, -0.2) is 0 Å². The minimum atomic E-state index is 0.721. The minimum absolute atomic E-state index is 0.721. The first kappa shape index (κ1) is 15.8. The van der Waals surface area contributed by atoms with Crippen LogP contribution in [0.25, 0.3) is 27.1 Å². The van der Waals surface area contributed by atoms with Crippen molar-refractivity contribution in [2.24, 2.45) is 0 Å². The van der Waals surface area contributed by atoms with E-state index in [2.05, 4.69) is 28.3 Å². The molecule has 0 N–H and O–H groups in total. The Hall–Kier alpha value is -2.74. The zero-order chi connectivity index (χ0) is 17.4. The van der Waals surface area contributed by atoms with E-state index in [0.29, 0.717) is 0 Å². The number of ether oxygens (including phenoxy) is 1. The second-order valence-corrected chi connectivity index (χ2v) is 6.70. The van der Waals surface area contributed by atoms with Crippen LogP contribution in [0, 0.1) is 6.92 Å². The van der Waals surface area contributed by atoms with Gasteiger partial charge in [0.25, 0.3) is 0 Å². The fraction of sp³-hybridized carbons (Fsp3) is 0.294. The number of rotatable bonds is 5. The third kappa shape index (κ3) is 2.78. The highest BCUT2D eigenvalue weighted by molar-refractivity contribution is 7.19. The summed E-state index contributed by atoms with van der Waals surface area (Å²) in [5.74, 6) is 1.53. The molecule has 1 aromatic carbocycles. The Morgan fingerprint density at radius 2 is 1.92 bits per heavy atom. The largest absolute Gasteiger partial charge is 0.497 e. The van der Waals surface area contributed by atoms with Crippen LogP contribution >= 0.6 is 11.3 Å². The molecule has 0 saturated carbocycles. The van der Waals surface area contributed by atoms with Gasteiger partial charge >= 0.3 is 0 Å². The van der Waals surface area contributed by atoms with Crippen molar-refractivity contribution in [2.75, 3.05) is 7.11 Å². The Labute approximate surface area is 148 Å². The molecule has 0 aliphatic heterocycles. The normalized spacial score (nSPS) is 11.3. The zero-order valence-electron chi connectivity index (χ0n) is 14.3. The molecule has 0 fully saturated rings. The van der Waals surface area contributed by atoms with Crippen LogP contribution in [0.1, 0.15) is 19.0 Å². The molecule has 8 heteroatoms. The summed E-state index contributed by atoms with van der Waals surface area (Å²) >= 11 is 1.52. The van der Waals surface area contributed by atoms with Gasteiger partial charge in [-0.15, -0.1) is 10.2 Å². The molecule has 0 radical (unpaired) electrons. The first-order valence-electron chi connectivity index (χ1n) is 8.11. The van der Waals surface area contributed by atoms with Gasteiger partial charge in [0, 0.05) is 12.1 Å². The summed E-state index contributed by atoms with van der Waals surface area (Å²) in [5.41, 5.74) is 2.96. The van der Waals surface area contributed by atoms with Crippen molar-refractivity contribution in [1.29, 1.82) is 0 Å². The van der Waals surface area contributed by atoms with E-state index in [1.165, 1.54) is 11.3 Å². The molecular weight excluding hydrogens is 336 g/mol. The Morgan fingerprint density at radius 1 is 1.12 bits per heavy atom. The molecule has 0 spiro atoms. The third-order valence-electron chi connectivity index (χ3n) is 3.90. The summed E-state index contributed by atoms with van der Waals surface area (Å²) in [5, 5.41) is 18.7. The lowest BCUT2D eigenvalue weighted by Gasteiger charge is -2.02. The van der Waals surface area contributed by atoms with Crippen LogP contribution in [0.5, 0.6) is 5.75 Å². The van der Waals surface area contributed by atoms with Gasteiger partial charge in [-0.05, 0) is 43.7 Å². The quantitative estimate of drug-likeness (QED) is 0.549. The van der Waals surface area contributed by atoms with E-state index in [0.717, 1.165) is 51.5 Å². The second kappa shape index (κ2) is 6.29. The van der Waals surface area contributed by atoms with Crippen LogP contribution in [0.3, 0.4) is 0 Å². The van der Waals surface area contributed by atoms with Crippen LogP contribution in [-0.4, -0.2) is 36.7 Å². The first-order chi connectivity index (χ1) is 12.2. The molecule has 3 aromatic heterocycles. The lowest BCUT2D eigenvalue weighted by molar-refractivity contribution is 0.415. The monoisotopic (exact) mass is 354 g/mol. The van der Waals surface area contributed by atoms with Gasteiger partial charge in [-0.2, -0.15) is 14.7 Å². The van der Waals surface area contributed by atoms with Crippen molar-refractivity contribution >= 4 is 16.3 Å². The van der Waals surface area contributed by atoms with Gasteiger partial charge < -0.3 is 4.74 Å². The molecule has 0 unspecified atom stereocenters. The van der Waals surface area contributed by atoms with E-state index in [-0.39, 0.29) is 0 Å². The molecule has 0 saturated heterocycles. The number of fused-ring (bicyclic) bond motifs is 1. The van der Waals surface area contributed by atoms with Gasteiger partial charge in [-0.3, -0.25) is 4.68 Å². The third-order valence-corrected chi connectivity index (χ3v) is 4.82. The van der Waals surface area contributed by atoms with E-state index in [9.17, 15) is 0 Å². The van der Waals surface area contributed by atoms with E-state index in [4.69, 9.17) is 9.84 Å². The number of hydrogen-bond acceptors (Lipinski definition) is 6. The highest BCUT2D eigenvalue weighted by Gasteiger charge is 2.17. The number of hydrogen-bond donors (Lipinski definition) is 0. The lowest BCUT2D eigenvalue weighted by atomic mass is 10.2. The molecule has 0 aliphatic carbocycles. The Balaban J connectivity index is 1.78. The SMILES string of the molecule is CCCn1nc(C)cc1-c1nn2c(-c3ccc(OC)cc3)nnc2s1. The highest BCUT2D eigenvalue weighted by Crippen LogP contribution is 2.29. The smallest absolute Gasteiger partial charge is 0.235 e. The fourth-order valence-corrected chi connectivity index (χ4v) is 3.60. The summed E-state index contributed by atoms with van der Waals surface area (Å²) < 4.78 is 9.01. The Kier molecular flexibility index (Phi) is 3.96. The summed E-state index contributed by atoms with van der Waals surface area (Å²) in [7, 11) is 1.65. The molecule has 7 nitrogen and oxygen atoms in total. The maximum atomic E-state index is 5.21. The predicted octanol–water partition coefficient (Wildman–Crippen LogP) is 3.44. The zero-order valence-corrected chi connectivity index (χ0v) is 15.1. The van der Waals surface area contributed by atoms with Crippen LogP contribution in [0.2, 0.25) is 0 Å². The number of aromatic nitrogens is 6. The average molecular weight is 354 g/mol. The first-order valence-corrected chi connectivity index (χ1v) is 8.92. The van der Waals surface area contributed by atoms with Gasteiger partial charge in [0.2, 0.25) is 4.96 Å². The van der Waals surface area contributed by atoms with Crippen LogP contribution in [0.4, 0.5) is 0 Å². The maximum Gasteiger partial charge on any atom is 0.235 e. The highest BCUT2D eigenvalue weighted by atomic mass is 32.1. The van der Waals surface area contributed by atoms with Crippen molar-refractivity contribution in [1.82, 2.24) is 29.6 Å². The fourth-order valence-electron chi connectivity index (χ4n) is 2.74. The number of nitrogens with zero attached hydrogens (tertiary/aromatic N) is 6. The molecule has 0 amide bonds. The molecule has 0 bridgehead atoms. The van der Waals surface area contributed by atoms with Crippen molar-refractivity contribution in [3.05, 3.63) is 36.0 Å². The van der Waals surface area contributed by atoms with E-state index in [1.54, 1.807) is 11.6 Å². The Morgan fingerprint density at radius 3 is 2.64 bits per heavy atom. The molecule has 0 aliphatic rings. The van der Waals surface area contributed by atoms with E-state index >= 15 is 0 Å². The average Bonchev–Trinajstić information content (AvgIpc) is 3.29. The number of methoxy groups -OCH3 is 1. The van der Waals surface area contributed by atoms with Crippen LogP contribution < -0.4 is 4.74 Å². The van der Waals surface area contributed by atoms with E-state index in [1.807, 2.05) is 35.9 Å². The standard InChI is InChI=1S/C17H18N6OS/c1-4-9-22-14(10-11(2)20-22)16-21-23-15(18-19-17(23)25-16)12-5-7-13(24-3)8-6-12/h5-8,10H,4,9H2,1-3H3. The van der Waals surface area contributed by atoms with Gasteiger partial charge in [-0.1, -0.05) is 18.3 Å². The van der Waals surface area contributed by atoms with Gasteiger partial charge in [0.15, 0.2) is 10.8 Å². The molecule has 25 heavy (non-hydrogen) atoms. The molecule has 128 valence electrons. The van der Waals surface area contributed by atoms with Crippen molar-refractivity contribution in [3.8, 4) is 27.8 Å². The second-order valence-electron chi connectivity index (χ2n) is 5.75. The van der Waals surface area contributed by atoms with Gasteiger partial charge in [0.05, 0.1) is 18.5 Å². The van der Waals surface area contributed by atoms with E-state index < -0.39 is 0 Å².